The van der Waals surface area contributed by atoms with Crippen molar-refractivity contribution in [1.82, 2.24) is 5.32 Å². The number of rotatable bonds is 3. The summed E-state index contributed by atoms with van der Waals surface area (Å²) in [7, 11) is 0. The summed E-state index contributed by atoms with van der Waals surface area (Å²) in [4.78, 5) is 0. The van der Waals surface area contributed by atoms with Gasteiger partial charge in [-0.3, -0.25) is 0 Å². The van der Waals surface area contributed by atoms with Crippen LogP contribution < -0.4 is 5.32 Å². The summed E-state index contributed by atoms with van der Waals surface area (Å²) >= 11 is 3.43. The minimum absolute atomic E-state index is 0.0661. The number of nitrogens with one attached hydrogen (secondary N) is 1. The molecule has 0 amide bonds. The normalized spacial score (nSPS) is 23.8. The van der Waals surface area contributed by atoms with Crippen molar-refractivity contribution < 1.29 is 4.39 Å². The Kier molecular flexibility index (Phi) is 4.12. The summed E-state index contributed by atoms with van der Waals surface area (Å²) in [6.45, 7) is 7.47. The summed E-state index contributed by atoms with van der Waals surface area (Å²) < 4.78 is 14.8. The highest BCUT2D eigenvalue weighted by molar-refractivity contribution is 9.10. The van der Waals surface area contributed by atoms with Crippen molar-refractivity contribution in [3.63, 3.8) is 0 Å². The van der Waals surface area contributed by atoms with Crippen LogP contribution in [-0.4, -0.2) is 12.1 Å². The summed E-state index contributed by atoms with van der Waals surface area (Å²) in [5.74, 6) is 0.869. The highest BCUT2D eigenvalue weighted by Gasteiger charge is 2.34. The lowest BCUT2D eigenvalue weighted by Gasteiger charge is -2.39. The van der Waals surface area contributed by atoms with Gasteiger partial charge in [0.25, 0.3) is 0 Å². The second-order valence-corrected chi connectivity index (χ2v) is 7.16. The zero-order valence-corrected chi connectivity index (χ0v) is 12.8. The molecule has 1 fully saturated rings. The van der Waals surface area contributed by atoms with E-state index in [9.17, 15) is 4.39 Å². The lowest BCUT2D eigenvalue weighted by Crippen LogP contribution is -2.43. The highest BCUT2D eigenvalue weighted by Crippen LogP contribution is 2.43. The lowest BCUT2D eigenvalue weighted by atomic mass is 9.69. The molecule has 3 heteroatoms. The molecule has 100 valence electrons. The Balaban J connectivity index is 2.03. The van der Waals surface area contributed by atoms with Gasteiger partial charge in [-0.2, -0.15) is 0 Å². The molecule has 0 aliphatic heterocycles. The molecule has 1 nitrogen and oxygen atoms in total. The van der Waals surface area contributed by atoms with Gasteiger partial charge < -0.3 is 5.32 Å². The topological polar surface area (TPSA) is 12.0 Å². The minimum atomic E-state index is -0.0661. The van der Waals surface area contributed by atoms with Crippen LogP contribution in [0.25, 0.3) is 0 Å². The number of hydrogen-bond acceptors (Lipinski definition) is 1. The van der Waals surface area contributed by atoms with Crippen LogP contribution >= 0.6 is 15.9 Å². The van der Waals surface area contributed by atoms with Crippen LogP contribution in [0.5, 0.6) is 0 Å². The zero-order chi connectivity index (χ0) is 13.3. The second-order valence-electron chi connectivity index (χ2n) is 6.24. The van der Waals surface area contributed by atoms with Crippen LogP contribution in [-0.2, 0) is 0 Å². The Labute approximate surface area is 117 Å². The smallest absolute Gasteiger partial charge is 0.126 e. The number of benzene rings is 1. The van der Waals surface area contributed by atoms with Crippen molar-refractivity contribution in [2.75, 3.05) is 6.54 Å². The fraction of sp³-hybridized carbons (Fsp3) is 0.600. The maximum atomic E-state index is 13.8. The van der Waals surface area contributed by atoms with Crippen LogP contribution in [0.15, 0.2) is 22.7 Å². The molecule has 0 spiro atoms. The third kappa shape index (κ3) is 3.33. The molecule has 0 radical (unpaired) electrons. The van der Waals surface area contributed by atoms with E-state index in [4.69, 9.17) is 0 Å². The standard InChI is InChI=1S/C15H21BrFN/c1-15(2,3)18-9-10-4-6-12(10)13-8-11(16)5-7-14(13)17/h5,7-8,10,12,18H,4,6,9H2,1-3H3. The first kappa shape index (κ1) is 14.0. The maximum absolute atomic E-state index is 13.8. The Hall–Kier alpha value is -0.410. The van der Waals surface area contributed by atoms with E-state index >= 15 is 0 Å². The molecule has 2 unspecified atom stereocenters. The van der Waals surface area contributed by atoms with E-state index in [0.29, 0.717) is 11.8 Å². The monoisotopic (exact) mass is 313 g/mol. The zero-order valence-electron chi connectivity index (χ0n) is 11.3. The lowest BCUT2D eigenvalue weighted by molar-refractivity contribution is 0.221. The van der Waals surface area contributed by atoms with Crippen molar-refractivity contribution >= 4 is 15.9 Å². The molecule has 2 rings (SSSR count). The Morgan fingerprint density at radius 3 is 2.61 bits per heavy atom. The number of halogens is 2. The largest absolute Gasteiger partial charge is 0.312 e. The highest BCUT2D eigenvalue weighted by atomic mass is 79.9. The predicted molar refractivity (Wildman–Crippen MR) is 77.3 cm³/mol. The molecule has 2 atom stereocenters. The van der Waals surface area contributed by atoms with Gasteiger partial charge in [-0.25, -0.2) is 4.39 Å². The van der Waals surface area contributed by atoms with Crippen molar-refractivity contribution in [3.05, 3.63) is 34.1 Å². The van der Waals surface area contributed by atoms with E-state index in [1.165, 1.54) is 6.42 Å². The molecule has 1 aromatic rings. The Bertz CT molecular complexity index is 425. The molecular weight excluding hydrogens is 293 g/mol. The molecule has 0 aromatic heterocycles. The molecule has 0 bridgehead atoms. The van der Waals surface area contributed by atoms with E-state index in [1.807, 2.05) is 6.07 Å². The van der Waals surface area contributed by atoms with Crippen molar-refractivity contribution in [2.24, 2.45) is 5.92 Å². The molecule has 1 aliphatic rings. The van der Waals surface area contributed by atoms with Gasteiger partial charge in [0.15, 0.2) is 0 Å². The molecule has 1 saturated carbocycles. The molecule has 0 heterocycles. The molecule has 1 aliphatic carbocycles. The van der Waals surface area contributed by atoms with Crippen LogP contribution in [0.4, 0.5) is 4.39 Å². The molecule has 18 heavy (non-hydrogen) atoms. The third-order valence-electron chi connectivity index (χ3n) is 3.67. The average Bonchev–Trinajstić information content (AvgIpc) is 2.20. The first-order valence-corrected chi connectivity index (χ1v) is 7.36. The SMILES string of the molecule is CC(C)(C)NCC1CCC1c1cc(Br)ccc1F. The van der Waals surface area contributed by atoms with Gasteiger partial charge in [0.2, 0.25) is 0 Å². The van der Waals surface area contributed by atoms with E-state index in [0.717, 1.165) is 23.0 Å². The van der Waals surface area contributed by atoms with Gasteiger partial charge in [0.1, 0.15) is 5.82 Å². The van der Waals surface area contributed by atoms with Crippen molar-refractivity contribution in [3.8, 4) is 0 Å². The average molecular weight is 314 g/mol. The van der Waals surface area contributed by atoms with Gasteiger partial charge >= 0.3 is 0 Å². The van der Waals surface area contributed by atoms with E-state index < -0.39 is 0 Å². The van der Waals surface area contributed by atoms with Gasteiger partial charge in [-0.1, -0.05) is 15.9 Å². The fourth-order valence-corrected chi connectivity index (χ4v) is 2.84. The van der Waals surface area contributed by atoms with Gasteiger partial charge in [0, 0.05) is 10.0 Å². The van der Waals surface area contributed by atoms with E-state index in [2.05, 4.69) is 42.0 Å². The second kappa shape index (κ2) is 5.30. The first-order chi connectivity index (χ1) is 8.37. The van der Waals surface area contributed by atoms with Gasteiger partial charge in [-0.05, 0) is 75.8 Å². The summed E-state index contributed by atoms with van der Waals surface area (Å²) in [5.41, 5.74) is 1.01. The molecule has 1 aromatic carbocycles. The van der Waals surface area contributed by atoms with Crippen LogP contribution in [0.1, 0.15) is 45.1 Å². The maximum Gasteiger partial charge on any atom is 0.126 e. The third-order valence-corrected chi connectivity index (χ3v) is 4.16. The fourth-order valence-electron chi connectivity index (χ4n) is 2.46. The van der Waals surface area contributed by atoms with E-state index in [1.54, 1.807) is 12.1 Å². The van der Waals surface area contributed by atoms with Gasteiger partial charge in [0.05, 0.1) is 0 Å². The van der Waals surface area contributed by atoms with Crippen molar-refractivity contribution in [2.45, 2.75) is 45.1 Å². The molecular formula is C15H21BrFN. The van der Waals surface area contributed by atoms with Crippen molar-refractivity contribution in [1.29, 1.82) is 0 Å². The quantitative estimate of drug-likeness (QED) is 0.868. The molecule has 0 saturated heterocycles. The first-order valence-electron chi connectivity index (χ1n) is 6.57. The van der Waals surface area contributed by atoms with Gasteiger partial charge in [-0.15, -0.1) is 0 Å². The van der Waals surface area contributed by atoms with E-state index in [-0.39, 0.29) is 11.4 Å². The minimum Gasteiger partial charge on any atom is -0.312 e. The van der Waals surface area contributed by atoms with Crippen LogP contribution in [0.2, 0.25) is 0 Å². The van der Waals surface area contributed by atoms with Crippen LogP contribution in [0, 0.1) is 11.7 Å². The number of hydrogen-bond donors (Lipinski definition) is 1. The van der Waals surface area contributed by atoms with Crippen LogP contribution in [0.3, 0.4) is 0 Å². The Morgan fingerprint density at radius 2 is 2.06 bits per heavy atom. The summed E-state index contributed by atoms with van der Waals surface area (Å²) in [6.07, 6.45) is 2.30. The predicted octanol–water partition coefficient (Wildman–Crippen LogP) is 4.47. The Morgan fingerprint density at radius 1 is 1.33 bits per heavy atom. The summed E-state index contributed by atoms with van der Waals surface area (Å²) in [6, 6.07) is 5.26. The summed E-state index contributed by atoms with van der Waals surface area (Å²) in [5, 5.41) is 3.52. The molecule has 1 N–H and O–H groups in total.